The molecule has 2 aromatic rings. The molecule has 2 atom stereocenters. The Morgan fingerprint density at radius 1 is 1.09 bits per heavy atom. The largest absolute Gasteiger partial charge is 0.508 e. The monoisotopic (exact) mass is 303 g/mol. The fraction of sp³-hybridized carbons (Fsp3) is 0.333. The fourth-order valence-corrected chi connectivity index (χ4v) is 2.32. The summed E-state index contributed by atoms with van der Waals surface area (Å²) in [4.78, 5) is 0. The van der Waals surface area contributed by atoms with Gasteiger partial charge in [-0.15, -0.1) is 0 Å². The molecule has 0 heterocycles. The summed E-state index contributed by atoms with van der Waals surface area (Å²) in [6.45, 7) is 2.35. The van der Waals surface area contributed by atoms with Crippen molar-refractivity contribution in [3.63, 3.8) is 0 Å². The molecule has 0 spiro atoms. The molecule has 2 aromatic carbocycles. The molecule has 4 heteroatoms. The van der Waals surface area contributed by atoms with Crippen molar-refractivity contribution in [3.05, 3.63) is 65.5 Å². The molecule has 3 nitrogen and oxygen atoms in total. The van der Waals surface area contributed by atoms with Crippen molar-refractivity contribution in [2.75, 3.05) is 6.54 Å². The van der Waals surface area contributed by atoms with Crippen molar-refractivity contribution in [1.82, 2.24) is 5.32 Å². The van der Waals surface area contributed by atoms with E-state index in [0.29, 0.717) is 12.1 Å². The van der Waals surface area contributed by atoms with E-state index < -0.39 is 6.10 Å². The smallest absolute Gasteiger partial charge is 0.129 e. The van der Waals surface area contributed by atoms with Gasteiger partial charge in [0.25, 0.3) is 0 Å². The van der Waals surface area contributed by atoms with E-state index >= 15 is 0 Å². The third-order valence-corrected chi connectivity index (χ3v) is 3.73. The average molecular weight is 303 g/mol. The molecule has 0 unspecified atom stereocenters. The Balaban J connectivity index is 1.76. The highest BCUT2D eigenvalue weighted by Gasteiger charge is 2.13. The number of aryl methyl sites for hydroxylation is 1. The first kappa shape index (κ1) is 16.5. The molecule has 0 aliphatic carbocycles. The van der Waals surface area contributed by atoms with E-state index in [9.17, 15) is 14.6 Å². The average Bonchev–Trinajstić information content (AvgIpc) is 2.52. The summed E-state index contributed by atoms with van der Waals surface area (Å²) in [7, 11) is 0. The van der Waals surface area contributed by atoms with E-state index in [4.69, 9.17) is 0 Å². The molecule has 0 aliphatic heterocycles. The summed E-state index contributed by atoms with van der Waals surface area (Å²) in [6.07, 6.45) is 0.927. The van der Waals surface area contributed by atoms with Gasteiger partial charge in [-0.25, -0.2) is 4.39 Å². The summed E-state index contributed by atoms with van der Waals surface area (Å²) in [6, 6.07) is 13.6. The minimum absolute atomic E-state index is 0.204. The first-order valence-corrected chi connectivity index (χ1v) is 7.50. The summed E-state index contributed by atoms with van der Waals surface area (Å²) >= 11 is 0. The fourth-order valence-electron chi connectivity index (χ4n) is 2.32. The molecule has 0 radical (unpaired) electrons. The number of aromatic hydroxyl groups is 1. The Morgan fingerprint density at radius 2 is 1.77 bits per heavy atom. The van der Waals surface area contributed by atoms with Gasteiger partial charge >= 0.3 is 0 Å². The molecule has 22 heavy (non-hydrogen) atoms. The maximum Gasteiger partial charge on any atom is 0.129 e. The van der Waals surface area contributed by atoms with Gasteiger partial charge in [0.15, 0.2) is 0 Å². The number of aliphatic hydroxyl groups excluding tert-OH is 1. The van der Waals surface area contributed by atoms with E-state index in [-0.39, 0.29) is 17.6 Å². The molecule has 0 saturated carbocycles. The minimum Gasteiger partial charge on any atom is -0.508 e. The van der Waals surface area contributed by atoms with Gasteiger partial charge in [0.1, 0.15) is 11.6 Å². The normalized spacial score (nSPS) is 13.8. The van der Waals surface area contributed by atoms with Crippen molar-refractivity contribution in [1.29, 1.82) is 0 Å². The predicted octanol–water partition coefficient (Wildman–Crippen LogP) is 3.18. The van der Waals surface area contributed by atoms with Gasteiger partial charge in [0.05, 0.1) is 6.10 Å². The van der Waals surface area contributed by atoms with Crippen LogP contribution in [-0.2, 0) is 6.42 Å². The third kappa shape index (κ3) is 4.83. The van der Waals surface area contributed by atoms with Crippen LogP contribution in [0.25, 0.3) is 0 Å². The van der Waals surface area contributed by atoms with Crippen LogP contribution in [0.15, 0.2) is 48.5 Å². The summed E-state index contributed by atoms with van der Waals surface area (Å²) in [5, 5.41) is 22.5. The maximum absolute atomic E-state index is 13.6. The molecular formula is C18H22FNO2. The zero-order chi connectivity index (χ0) is 15.9. The van der Waals surface area contributed by atoms with Crippen LogP contribution >= 0.6 is 0 Å². The molecule has 2 rings (SSSR count). The molecule has 3 N–H and O–H groups in total. The van der Waals surface area contributed by atoms with E-state index in [1.807, 2.05) is 19.1 Å². The number of nitrogens with one attached hydrogen (secondary N) is 1. The third-order valence-electron chi connectivity index (χ3n) is 3.73. The SMILES string of the molecule is C[C@H](CCc1ccc(O)cc1)NC[C@H](O)c1ccccc1F. The lowest BCUT2D eigenvalue weighted by molar-refractivity contribution is 0.165. The van der Waals surface area contributed by atoms with Crippen molar-refractivity contribution in [2.24, 2.45) is 0 Å². The number of phenols is 1. The van der Waals surface area contributed by atoms with Gasteiger partial charge in [-0.05, 0) is 43.5 Å². The number of hydrogen-bond donors (Lipinski definition) is 3. The Kier molecular flexibility index (Phi) is 5.92. The van der Waals surface area contributed by atoms with Gasteiger partial charge in [-0.3, -0.25) is 0 Å². The number of hydrogen-bond acceptors (Lipinski definition) is 3. The van der Waals surface area contributed by atoms with E-state index in [0.717, 1.165) is 18.4 Å². The Labute approximate surface area is 130 Å². The Bertz CT molecular complexity index is 586. The van der Waals surface area contributed by atoms with E-state index in [2.05, 4.69) is 5.32 Å². The predicted molar refractivity (Wildman–Crippen MR) is 85.3 cm³/mol. The van der Waals surface area contributed by atoms with Crippen LogP contribution in [0.2, 0.25) is 0 Å². The lowest BCUT2D eigenvalue weighted by Gasteiger charge is -2.18. The van der Waals surface area contributed by atoms with Crippen LogP contribution in [0.5, 0.6) is 5.75 Å². The highest BCUT2D eigenvalue weighted by Crippen LogP contribution is 2.16. The lowest BCUT2D eigenvalue weighted by atomic mass is 10.0. The number of rotatable bonds is 7. The van der Waals surface area contributed by atoms with Crippen LogP contribution in [0.3, 0.4) is 0 Å². The van der Waals surface area contributed by atoms with Gasteiger partial charge in [-0.1, -0.05) is 30.3 Å². The summed E-state index contributed by atoms with van der Waals surface area (Å²) in [5.74, 6) is -0.114. The lowest BCUT2D eigenvalue weighted by Crippen LogP contribution is -2.31. The Morgan fingerprint density at radius 3 is 2.45 bits per heavy atom. The molecule has 0 aromatic heterocycles. The van der Waals surface area contributed by atoms with Crippen LogP contribution in [-0.4, -0.2) is 22.8 Å². The van der Waals surface area contributed by atoms with Gasteiger partial charge < -0.3 is 15.5 Å². The van der Waals surface area contributed by atoms with Crippen molar-refractivity contribution in [3.8, 4) is 5.75 Å². The molecular weight excluding hydrogens is 281 g/mol. The zero-order valence-electron chi connectivity index (χ0n) is 12.7. The van der Waals surface area contributed by atoms with E-state index in [1.54, 1.807) is 30.3 Å². The number of phenolic OH excluding ortho intramolecular Hbond substituents is 1. The highest BCUT2D eigenvalue weighted by molar-refractivity contribution is 5.26. The molecule has 0 aliphatic rings. The first-order valence-electron chi connectivity index (χ1n) is 7.50. The Hall–Kier alpha value is -1.91. The van der Waals surface area contributed by atoms with Crippen molar-refractivity contribution < 1.29 is 14.6 Å². The zero-order valence-corrected chi connectivity index (χ0v) is 12.7. The second-order valence-electron chi connectivity index (χ2n) is 5.55. The first-order chi connectivity index (χ1) is 10.6. The van der Waals surface area contributed by atoms with Crippen LogP contribution in [0.1, 0.15) is 30.6 Å². The van der Waals surface area contributed by atoms with E-state index in [1.165, 1.54) is 6.07 Å². The van der Waals surface area contributed by atoms with Gasteiger partial charge in [-0.2, -0.15) is 0 Å². The standard InChI is InChI=1S/C18H22FNO2/c1-13(6-7-14-8-10-15(21)11-9-14)20-12-18(22)16-4-2-3-5-17(16)19/h2-5,8-11,13,18,20-22H,6-7,12H2,1H3/t13-,18+/m1/s1. The van der Waals surface area contributed by atoms with Gasteiger partial charge in [0, 0.05) is 18.2 Å². The van der Waals surface area contributed by atoms with Crippen LogP contribution in [0, 0.1) is 5.82 Å². The van der Waals surface area contributed by atoms with Crippen molar-refractivity contribution in [2.45, 2.75) is 31.9 Å². The topological polar surface area (TPSA) is 52.5 Å². The minimum atomic E-state index is -0.850. The second-order valence-corrected chi connectivity index (χ2v) is 5.55. The summed E-state index contributed by atoms with van der Waals surface area (Å²) in [5.41, 5.74) is 1.47. The quantitative estimate of drug-likeness (QED) is 0.736. The highest BCUT2D eigenvalue weighted by atomic mass is 19.1. The number of halogens is 1. The number of aliphatic hydroxyl groups is 1. The van der Waals surface area contributed by atoms with Gasteiger partial charge in [0.2, 0.25) is 0 Å². The molecule has 0 saturated heterocycles. The summed E-state index contributed by atoms with van der Waals surface area (Å²) < 4.78 is 13.6. The van der Waals surface area contributed by atoms with Crippen LogP contribution < -0.4 is 5.32 Å². The van der Waals surface area contributed by atoms with Crippen molar-refractivity contribution >= 4 is 0 Å². The van der Waals surface area contributed by atoms with Crippen LogP contribution in [0.4, 0.5) is 4.39 Å². The molecule has 0 fully saturated rings. The molecule has 0 bridgehead atoms. The number of benzene rings is 2. The molecule has 118 valence electrons. The second kappa shape index (κ2) is 7.92. The molecule has 0 amide bonds. The maximum atomic E-state index is 13.6.